The lowest BCUT2D eigenvalue weighted by molar-refractivity contribution is -0.384. The number of nitro groups is 1. The van der Waals surface area contributed by atoms with E-state index in [1.807, 2.05) is 0 Å². The largest absolute Gasteiger partial charge is 0.361 e. The Morgan fingerprint density at radius 3 is 2.47 bits per heavy atom. The van der Waals surface area contributed by atoms with E-state index < -0.39 is 4.92 Å². The first-order valence-corrected chi connectivity index (χ1v) is 6.56. The first-order valence-electron chi connectivity index (χ1n) is 6.56. The minimum atomic E-state index is -0.406. The third kappa shape index (κ3) is 2.59. The van der Waals surface area contributed by atoms with Crippen molar-refractivity contribution in [2.24, 2.45) is 0 Å². The molecule has 1 aliphatic heterocycles. The Morgan fingerprint density at radius 1 is 1.32 bits per heavy atom. The standard InChI is InChI=1S/C14H18N2O3/c1-10-4-3-5-11(2)15(10)13-7-6-12(9-17)8-14(13)16(18)19/h6-11H,3-5H2,1-2H3. The van der Waals surface area contributed by atoms with Crippen LogP contribution in [0.1, 0.15) is 43.5 Å². The molecule has 0 spiro atoms. The van der Waals surface area contributed by atoms with Gasteiger partial charge in [-0.3, -0.25) is 14.9 Å². The van der Waals surface area contributed by atoms with Crippen LogP contribution >= 0.6 is 0 Å². The minimum Gasteiger partial charge on any atom is -0.361 e. The van der Waals surface area contributed by atoms with Crippen LogP contribution in [0.2, 0.25) is 0 Å². The van der Waals surface area contributed by atoms with Crippen LogP contribution in [-0.4, -0.2) is 23.3 Å². The van der Waals surface area contributed by atoms with Gasteiger partial charge in [0.05, 0.1) is 4.92 Å². The number of anilines is 1. The molecule has 1 fully saturated rings. The number of hydrogen-bond donors (Lipinski definition) is 0. The summed E-state index contributed by atoms with van der Waals surface area (Å²) in [5, 5.41) is 11.2. The van der Waals surface area contributed by atoms with Gasteiger partial charge in [0.2, 0.25) is 0 Å². The Morgan fingerprint density at radius 2 is 1.95 bits per heavy atom. The number of aldehydes is 1. The number of nitro benzene ring substituents is 1. The van der Waals surface area contributed by atoms with Gasteiger partial charge in [-0.05, 0) is 45.2 Å². The Kier molecular flexibility index (Phi) is 3.83. The summed E-state index contributed by atoms with van der Waals surface area (Å²) >= 11 is 0. The second kappa shape index (κ2) is 5.38. The van der Waals surface area contributed by atoms with Crippen molar-refractivity contribution in [2.75, 3.05) is 4.90 Å². The molecule has 5 nitrogen and oxygen atoms in total. The van der Waals surface area contributed by atoms with Gasteiger partial charge in [0.1, 0.15) is 12.0 Å². The molecular formula is C14H18N2O3. The summed E-state index contributed by atoms with van der Waals surface area (Å²) < 4.78 is 0. The van der Waals surface area contributed by atoms with Crippen LogP contribution < -0.4 is 4.90 Å². The van der Waals surface area contributed by atoms with E-state index >= 15 is 0 Å². The van der Waals surface area contributed by atoms with Gasteiger partial charge < -0.3 is 4.90 Å². The lowest BCUT2D eigenvalue weighted by Gasteiger charge is -2.40. The molecule has 2 atom stereocenters. The predicted molar refractivity (Wildman–Crippen MR) is 73.7 cm³/mol. The normalized spacial score (nSPS) is 23.2. The molecule has 1 heterocycles. The summed E-state index contributed by atoms with van der Waals surface area (Å²) in [6, 6.07) is 5.26. The van der Waals surface area contributed by atoms with Gasteiger partial charge in [-0.2, -0.15) is 0 Å². The molecule has 1 aromatic rings. The van der Waals surface area contributed by atoms with E-state index in [9.17, 15) is 14.9 Å². The molecular weight excluding hydrogens is 244 g/mol. The number of hydrogen-bond acceptors (Lipinski definition) is 4. The molecule has 1 aromatic carbocycles. The highest BCUT2D eigenvalue weighted by atomic mass is 16.6. The van der Waals surface area contributed by atoms with Crippen LogP contribution in [0.15, 0.2) is 18.2 Å². The van der Waals surface area contributed by atoms with Gasteiger partial charge in [-0.25, -0.2) is 0 Å². The average molecular weight is 262 g/mol. The van der Waals surface area contributed by atoms with E-state index in [4.69, 9.17) is 0 Å². The summed E-state index contributed by atoms with van der Waals surface area (Å²) in [7, 11) is 0. The van der Waals surface area contributed by atoms with Crippen molar-refractivity contribution >= 4 is 17.7 Å². The first kappa shape index (κ1) is 13.5. The maximum atomic E-state index is 11.2. The van der Waals surface area contributed by atoms with E-state index in [1.54, 1.807) is 12.1 Å². The van der Waals surface area contributed by atoms with Crippen molar-refractivity contribution in [1.82, 2.24) is 0 Å². The first-order chi connectivity index (χ1) is 9.04. The number of piperidine rings is 1. The van der Waals surface area contributed by atoms with E-state index in [0.717, 1.165) is 19.3 Å². The maximum absolute atomic E-state index is 11.2. The number of carbonyl (C=O) groups excluding carboxylic acids is 1. The molecule has 19 heavy (non-hydrogen) atoms. The molecule has 0 aliphatic carbocycles. The average Bonchev–Trinajstić information content (AvgIpc) is 2.38. The smallest absolute Gasteiger partial charge is 0.293 e. The Labute approximate surface area is 112 Å². The predicted octanol–water partition coefficient (Wildman–Crippen LogP) is 3.17. The zero-order valence-electron chi connectivity index (χ0n) is 11.2. The van der Waals surface area contributed by atoms with Gasteiger partial charge >= 0.3 is 0 Å². The van der Waals surface area contributed by atoms with Gasteiger partial charge in [0.25, 0.3) is 5.69 Å². The lowest BCUT2D eigenvalue weighted by Crippen LogP contribution is -2.44. The van der Waals surface area contributed by atoms with Crippen LogP contribution in [0.5, 0.6) is 0 Å². The molecule has 5 heteroatoms. The van der Waals surface area contributed by atoms with E-state index in [2.05, 4.69) is 18.7 Å². The fraction of sp³-hybridized carbons (Fsp3) is 0.500. The van der Waals surface area contributed by atoms with Crippen molar-refractivity contribution < 1.29 is 9.72 Å². The van der Waals surface area contributed by atoms with Crippen molar-refractivity contribution in [3.05, 3.63) is 33.9 Å². The second-order valence-corrected chi connectivity index (χ2v) is 5.16. The maximum Gasteiger partial charge on any atom is 0.293 e. The number of carbonyl (C=O) groups is 1. The molecule has 1 saturated heterocycles. The summed E-state index contributed by atoms with van der Waals surface area (Å²) in [5.74, 6) is 0. The molecule has 0 bridgehead atoms. The zero-order chi connectivity index (χ0) is 14.0. The molecule has 0 N–H and O–H groups in total. The van der Waals surface area contributed by atoms with E-state index in [0.29, 0.717) is 17.5 Å². The Balaban J connectivity index is 2.48. The SMILES string of the molecule is CC1CCCC(C)N1c1ccc(C=O)cc1[N+](=O)[O-]. The Bertz CT molecular complexity index is 491. The topological polar surface area (TPSA) is 63.5 Å². The molecule has 0 aromatic heterocycles. The fourth-order valence-electron chi connectivity index (χ4n) is 2.87. The van der Waals surface area contributed by atoms with Crippen molar-refractivity contribution in [1.29, 1.82) is 0 Å². The fourth-order valence-corrected chi connectivity index (χ4v) is 2.87. The van der Waals surface area contributed by atoms with Crippen molar-refractivity contribution in [3.63, 3.8) is 0 Å². The van der Waals surface area contributed by atoms with Gasteiger partial charge in [0.15, 0.2) is 0 Å². The van der Waals surface area contributed by atoms with Gasteiger partial charge in [-0.15, -0.1) is 0 Å². The summed E-state index contributed by atoms with van der Waals surface area (Å²) in [6.07, 6.45) is 3.87. The van der Waals surface area contributed by atoms with E-state index in [-0.39, 0.29) is 17.8 Å². The minimum absolute atomic E-state index is 0.0187. The highest BCUT2D eigenvalue weighted by Gasteiger charge is 2.30. The lowest BCUT2D eigenvalue weighted by atomic mass is 9.96. The van der Waals surface area contributed by atoms with Gasteiger partial charge in [0, 0.05) is 23.7 Å². The molecule has 2 rings (SSSR count). The zero-order valence-corrected chi connectivity index (χ0v) is 11.2. The van der Waals surface area contributed by atoms with Gasteiger partial charge in [-0.1, -0.05) is 0 Å². The number of benzene rings is 1. The summed E-state index contributed by atoms with van der Waals surface area (Å²) in [5.41, 5.74) is 0.980. The van der Waals surface area contributed by atoms with Crippen LogP contribution in [0.3, 0.4) is 0 Å². The molecule has 2 unspecified atom stereocenters. The third-order valence-corrected chi connectivity index (χ3v) is 3.80. The van der Waals surface area contributed by atoms with Crippen LogP contribution in [0, 0.1) is 10.1 Å². The highest BCUT2D eigenvalue weighted by molar-refractivity contribution is 5.79. The van der Waals surface area contributed by atoms with Crippen LogP contribution in [0.25, 0.3) is 0 Å². The Hall–Kier alpha value is -1.91. The molecule has 0 radical (unpaired) electrons. The molecule has 102 valence electrons. The van der Waals surface area contributed by atoms with E-state index in [1.165, 1.54) is 6.07 Å². The van der Waals surface area contributed by atoms with Crippen molar-refractivity contribution in [3.8, 4) is 0 Å². The van der Waals surface area contributed by atoms with Crippen LogP contribution in [0.4, 0.5) is 11.4 Å². The monoisotopic (exact) mass is 262 g/mol. The molecule has 0 amide bonds. The van der Waals surface area contributed by atoms with Crippen molar-refractivity contribution in [2.45, 2.75) is 45.2 Å². The quantitative estimate of drug-likeness (QED) is 0.477. The number of rotatable bonds is 3. The highest BCUT2D eigenvalue weighted by Crippen LogP contribution is 2.35. The third-order valence-electron chi connectivity index (χ3n) is 3.80. The summed E-state index contributed by atoms with van der Waals surface area (Å²) in [4.78, 5) is 23.7. The van der Waals surface area contributed by atoms with Crippen LogP contribution in [-0.2, 0) is 0 Å². The molecule has 1 aliphatic rings. The second-order valence-electron chi connectivity index (χ2n) is 5.16. The summed E-state index contributed by atoms with van der Waals surface area (Å²) in [6.45, 7) is 4.18. The number of nitrogens with zero attached hydrogens (tertiary/aromatic N) is 2. The molecule has 0 saturated carbocycles.